The van der Waals surface area contributed by atoms with E-state index in [1.807, 2.05) is 0 Å². The van der Waals surface area contributed by atoms with Crippen molar-refractivity contribution >= 4 is 23.6 Å². The lowest BCUT2D eigenvalue weighted by Crippen LogP contribution is -2.33. The first-order chi connectivity index (χ1) is 9.59. The van der Waals surface area contributed by atoms with Crippen LogP contribution >= 0.6 is 11.8 Å². The van der Waals surface area contributed by atoms with Crippen LogP contribution < -0.4 is 10.9 Å². The zero-order valence-electron chi connectivity index (χ0n) is 10.8. The molecule has 20 heavy (non-hydrogen) atoms. The normalized spacial score (nSPS) is 13.0. The first kappa shape index (κ1) is 14.6. The molecule has 0 bridgehead atoms. The molecular weight excluding hydrogens is 282 g/mol. The van der Waals surface area contributed by atoms with Gasteiger partial charge in [-0.3, -0.25) is 19.0 Å². The van der Waals surface area contributed by atoms with Gasteiger partial charge in [0, 0.05) is 31.5 Å². The van der Waals surface area contributed by atoms with Gasteiger partial charge in [0.1, 0.15) is 5.56 Å². The van der Waals surface area contributed by atoms with Crippen LogP contribution in [0.25, 0.3) is 0 Å². The largest absolute Gasteiger partial charge is 0.481 e. The van der Waals surface area contributed by atoms with E-state index < -0.39 is 11.9 Å². The second kappa shape index (κ2) is 6.56. The maximum Gasteiger partial charge on any atom is 0.303 e. The molecule has 0 fully saturated rings. The van der Waals surface area contributed by atoms with Gasteiger partial charge in [-0.2, -0.15) is 0 Å². The van der Waals surface area contributed by atoms with E-state index in [1.54, 1.807) is 0 Å². The SMILES string of the molecule is O=C(O)CCCCNC(=O)c1cnc2n(c1=O)CCS2. The number of unbranched alkanes of at least 4 members (excludes halogenated alkanes) is 1. The number of aromatic nitrogens is 2. The summed E-state index contributed by atoms with van der Waals surface area (Å²) in [5.74, 6) is -0.511. The number of hydrogen-bond acceptors (Lipinski definition) is 5. The molecule has 108 valence electrons. The van der Waals surface area contributed by atoms with Crippen LogP contribution in [0.2, 0.25) is 0 Å². The molecule has 1 amide bonds. The molecule has 0 radical (unpaired) electrons. The topological polar surface area (TPSA) is 101 Å². The highest BCUT2D eigenvalue weighted by atomic mass is 32.2. The van der Waals surface area contributed by atoms with E-state index in [0.717, 1.165) is 5.75 Å². The van der Waals surface area contributed by atoms with Crippen molar-refractivity contribution < 1.29 is 14.7 Å². The highest BCUT2D eigenvalue weighted by molar-refractivity contribution is 7.99. The van der Waals surface area contributed by atoms with Gasteiger partial charge in [0.25, 0.3) is 11.5 Å². The number of nitrogens with zero attached hydrogens (tertiary/aromatic N) is 2. The van der Waals surface area contributed by atoms with Gasteiger partial charge < -0.3 is 10.4 Å². The Balaban J connectivity index is 1.90. The van der Waals surface area contributed by atoms with Crippen LogP contribution in [-0.2, 0) is 11.3 Å². The molecule has 0 saturated heterocycles. The minimum absolute atomic E-state index is 0.0366. The quantitative estimate of drug-likeness (QED) is 0.580. The third-order valence-electron chi connectivity index (χ3n) is 2.90. The van der Waals surface area contributed by atoms with Crippen molar-refractivity contribution in [2.75, 3.05) is 12.3 Å². The molecule has 2 N–H and O–H groups in total. The van der Waals surface area contributed by atoms with Gasteiger partial charge >= 0.3 is 5.97 Å². The maximum atomic E-state index is 12.1. The number of rotatable bonds is 6. The molecule has 0 aromatic carbocycles. The van der Waals surface area contributed by atoms with Crippen LogP contribution in [-0.4, -0.2) is 38.8 Å². The summed E-state index contributed by atoms with van der Waals surface area (Å²) < 4.78 is 1.50. The Bertz CT molecular complexity index is 585. The molecule has 0 spiro atoms. The summed E-state index contributed by atoms with van der Waals surface area (Å²) in [6.07, 6.45) is 2.44. The van der Waals surface area contributed by atoms with Crippen LogP contribution in [0.4, 0.5) is 0 Å². The molecule has 7 nitrogen and oxygen atoms in total. The molecule has 0 saturated carbocycles. The standard InChI is InChI=1S/C12H15N3O4S/c16-9(17)3-1-2-4-13-10(18)8-7-14-12-15(11(8)19)5-6-20-12/h7H,1-6H2,(H,13,18)(H,16,17). The average Bonchev–Trinajstić information content (AvgIpc) is 2.87. The van der Waals surface area contributed by atoms with Crippen LogP contribution in [0.5, 0.6) is 0 Å². The predicted molar refractivity (Wildman–Crippen MR) is 73.0 cm³/mol. The average molecular weight is 297 g/mol. The highest BCUT2D eigenvalue weighted by Gasteiger charge is 2.19. The zero-order chi connectivity index (χ0) is 14.5. The number of nitrogens with one attached hydrogen (secondary N) is 1. The number of carboxylic acids is 1. The maximum absolute atomic E-state index is 12.1. The van der Waals surface area contributed by atoms with Crippen molar-refractivity contribution in [3.63, 3.8) is 0 Å². The van der Waals surface area contributed by atoms with Crippen molar-refractivity contribution in [3.05, 3.63) is 22.1 Å². The van der Waals surface area contributed by atoms with E-state index >= 15 is 0 Å². The molecule has 0 unspecified atom stereocenters. The Morgan fingerprint density at radius 2 is 2.25 bits per heavy atom. The minimum atomic E-state index is -0.852. The van der Waals surface area contributed by atoms with Crippen LogP contribution in [0.15, 0.2) is 16.1 Å². The van der Waals surface area contributed by atoms with Crippen molar-refractivity contribution in [2.24, 2.45) is 0 Å². The Hall–Kier alpha value is -1.83. The number of carboxylic acid groups (broad SMARTS) is 1. The van der Waals surface area contributed by atoms with Crippen molar-refractivity contribution in [2.45, 2.75) is 31.0 Å². The summed E-state index contributed by atoms with van der Waals surface area (Å²) in [5, 5.41) is 11.7. The fourth-order valence-electron chi connectivity index (χ4n) is 1.87. The van der Waals surface area contributed by atoms with E-state index in [9.17, 15) is 14.4 Å². The van der Waals surface area contributed by atoms with Gasteiger partial charge in [0.2, 0.25) is 0 Å². The number of carbonyl (C=O) groups excluding carboxylic acids is 1. The van der Waals surface area contributed by atoms with Gasteiger partial charge in [-0.25, -0.2) is 4.98 Å². The second-order valence-electron chi connectivity index (χ2n) is 4.37. The number of aliphatic carboxylic acids is 1. The van der Waals surface area contributed by atoms with Gasteiger partial charge in [-0.05, 0) is 12.8 Å². The molecule has 1 aliphatic rings. The second-order valence-corrected chi connectivity index (χ2v) is 5.43. The fraction of sp³-hybridized carbons (Fsp3) is 0.500. The Labute approximate surface area is 119 Å². The highest BCUT2D eigenvalue weighted by Crippen LogP contribution is 2.20. The molecule has 1 aliphatic heterocycles. The molecule has 0 aliphatic carbocycles. The molecule has 1 aromatic rings. The Morgan fingerprint density at radius 1 is 1.45 bits per heavy atom. The third-order valence-corrected chi connectivity index (χ3v) is 3.87. The summed E-state index contributed by atoms with van der Waals surface area (Å²) in [4.78, 5) is 38.4. The first-order valence-corrected chi connectivity index (χ1v) is 7.31. The first-order valence-electron chi connectivity index (χ1n) is 6.32. The molecule has 8 heteroatoms. The number of thioether (sulfide) groups is 1. The van der Waals surface area contributed by atoms with Crippen molar-refractivity contribution in [3.8, 4) is 0 Å². The van der Waals surface area contributed by atoms with E-state index in [1.165, 1.54) is 22.5 Å². The molecule has 1 aromatic heterocycles. The van der Waals surface area contributed by atoms with Crippen LogP contribution in [0.1, 0.15) is 29.6 Å². The molecule has 2 heterocycles. The fourth-order valence-corrected chi connectivity index (χ4v) is 2.79. The predicted octanol–water partition coefficient (Wildman–Crippen LogP) is 0.334. The van der Waals surface area contributed by atoms with Gasteiger partial charge in [-0.1, -0.05) is 11.8 Å². The monoisotopic (exact) mass is 297 g/mol. The van der Waals surface area contributed by atoms with Crippen molar-refractivity contribution in [1.82, 2.24) is 14.9 Å². The summed E-state index contributed by atoms with van der Waals surface area (Å²) in [6.45, 7) is 0.924. The third kappa shape index (κ3) is 3.38. The lowest BCUT2D eigenvalue weighted by Gasteiger charge is -2.06. The zero-order valence-corrected chi connectivity index (χ0v) is 11.6. The van der Waals surface area contributed by atoms with Gasteiger partial charge in [0.15, 0.2) is 5.16 Å². The molecular formula is C12H15N3O4S. The minimum Gasteiger partial charge on any atom is -0.481 e. The number of amides is 1. The Kier molecular flexibility index (Phi) is 4.78. The smallest absolute Gasteiger partial charge is 0.303 e. The Morgan fingerprint density at radius 3 is 3.00 bits per heavy atom. The van der Waals surface area contributed by atoms with E-state index in [2.05, 4.69) is 10.3 Å². The molecule has 2 rings (SSSR count). The van der Waals surface area contributed by atoms with Crippen LogP contribution in [0, 0.1) is 0 Å². The number of fused-ring (bicyclic) bond motifs is 1. The number of hydrogen-bond donors (Lipinski definition) is 2. The van der Waals surface area contributed by atoms with Gasteiger partial charge in [-0.15, -0.1) is 0 Å². The van der Waals surface area contributed by atoms with E-state index in [4.69, 9.17) is 5.11 Å². The van der Waals surface area contributed by atoms with Crippen LogP contribution in [0.3, 0.4) is 0 Å². The summed E-state index contributed by atoms with van der Waals surface area (Å²) >= 11 is 1.49. The lowest BCUT2D eigenvalue weighted by atomic mass is 10.2. The molecule has 0 atom stereocenters. The lowest BCUT2D eigenvalue weighted by molar-refractivity contribution is -0.137. The summed E-state index contributed by atoms with van der Waals surface area (Å²) in [5.41, 5.74) is -0.280. The van der Waals surface area contributed by atoms with Gasteiger partial charge in [0.05, 0.1) is 0 Å². The van der Waals surface area contributed by atoms with E-state index in [0.29, 0.717) is 31.1 Å². The number of carbonyl (C=O) groups is 2. The summed E-state index contributed by atoms with van der Waals surface area (Å²) in [6, 6.07) is 0. The van der Waals surface area contributed by atoms with E-state index in [-0.39, 0.29) is 17.5 Å². The summed E-state index contributed by atoms with van der Waals surface area (Å²) in [7, 11) is 0. The van der Waals surface area contributed by atoms with Crippen molar-refractivity contribution in [1.29, 1.82) is 0 Å².